The van der Waals surface area contributed by atoms with Gasteiger partial charge in [0.25, 0.3) is 0 Å². The van der Waals surface area contributed by atoms with Crippen LogP contribution in [0, 0.1) is 18.6 Å². The highest BCUT2D eigenvalue weighted by Gasteiger charge is 2.20. The zero-order valence-electron chi connectivity index (χ0n) is 11.2. The van der Waals surface area contributed by atoms with Gasteiger partial charge in [-0.05, 0) is 36.8 Å². The summed E-state index contributed by atoms with van der Waals surface area (Å²) in [6.45, 7) is 1.49. The van der Waals surface area contributed by atoms with Crippen LogP contribution in [0.15, 0.2) is 40.8 Å². The molecule has 0 aliphatic rings. The third kappa shape index (κ3) is 2.41. The molecule has 0 saturated heterocycles. The first-order chi connectivity index (χ1) is 9.97. The molecule has 1 atom stereocenters. The number of nitrogens with two attached hydrogens (primary N) is 1. The SMILES string of the molecule is Cc1cc(F)c(C(N)c2cc3cccc(Cl)c3o2)cc1F. The number of benzene rings is 2. The normalized spacial score (nSPS) is 12.8. The minimum Gasteiger partial charge on any atom is -0.457 e. The summed E-state index contributed by atoms with van der Waals surface area (Å²) in [7, 11) is 0. The van der Waals surface area contributed by atoms with Crippen LogP contribution in [0.1, 0.15) is 22.9 Å². The molecule has 21 heavy (non-hydrogen) atoms. The Bertz CT molecular complexity index is 829. The molecular formula is C16H12ClF2NO. The van der Waals surface area contributed by atoms with Crippen LogP contribution in [-0.4, -0.2) is 0 Å². The molecule has 2 aromatic carbocycles. The lowest BCUT2D eigenvalue weighted by molar-refractivity contribution is 0.505. The van der Waals surface area contributed by atoms with Gasteiger partial charge in [0.05, 0.1) is 11.1 Å². The predicted molar refractivity (Wildman–Crippen MR) is 78.3 cm³/mol. The lowest BCUT2D eigenvalue weighted by atomic mass is 10.0. The molecule has 0 fully saturated rings. The van der Waals surface area contributed by atoms with Crippen LogP contribution < -0.4 is 5.73 Å². The van der Waals surface area contributed by atoms with Crippen molar-refractivity contribution in [3.63, 3.8) is 0 Å². The van der Waals surface area contributed by atoms with Crippen LogP contribution in [0.3, 0.4) is 0 Å². The van der Waals surface area contributed by atoms with Crippen LogP contribution in [-0.2, 0) is 0 Å². The van der Waals surface area contributed by atoms with E-state index in [1.165, 1.54) is 6.92 Å². The van der Waals surface area contributed by atoms with Crippen LogP contribution >= 0.6 is 11.6 Å². The Morgan fingerprint density at radius 2 is 1.90 bits per heavy atom. The minimum absolute atomic E-state index is 0.0493. The number of hydrogen-bond acceptors (Lipinski definition) is 2. The van der Waals surface area contributed by atoms with Crippen LogP contribution in [0.5, 0.6) is 0 Å². The monoisotopic (exact) mass is 307 g/mol. The van der Waals surface area contributed by atoms with E-state index in [0.29, 0.717) is 16.4 Å². The first-order valence-electron chi connectivity index (χ1n) is 6.36. The summed E-state index contributed by atoms with van der Waals surface area (Å²) in [5, 5.41) is 1.21. The number of halogens is 3. The fourth-order valence-electron chi connectivity index (χ4n) is 2.25. The van der Waals surface area contributed by atoms with Gasteiger partial charge < -0.3 is 10.2 Å². The number of hydrogen-bond donors (Lipinski definition) is 1. The minimum atomic E-state index is -0.899. The summed E-state index contributed by atoms with van der Waals surface area (Å²) in [6, 6.07) is 8.29. The molecule has 0 aliphatic heterocycles. The van der Waals surface area contributed by atoms with Gasteiger partial charge in [0.1, 0.15) is 17.4 Å². The van der Waals surface area contributed by atoms with E-state index in [4.69, 9.17) is 21.8 Å². The second-order valence-electron chi connectivity index (χ2n) is 4.91. The van der Waals surface area contributed by atoms with Gasteiger partial charge in [0.15, 0.2) is 5.58 Å². The standard InChI is InChI=1S/C16H12ClF2NO/c1-8-5-13(19)10(7-12(8)18)15(20)14-6-9-3-2-4-11(17)16(9)21-14/h2-7,15H,20H2,1H3. The van der Waals surface area contributed by atoms with Crippen molar-refractivity contribution in [2.24, 2.45) is 5.73 Å². The zero-order valence-corrected chi connectivity index (χ0v) is 11.9. The van der Waals surface area contributed by atoms with E-state index in [0.717, 1.165) is 17.5 Å². The highest BCUT2D eigenvalue weighted by molar-refractivity contribution is 6.34. The Balaban J connectivity index is 2.10. The van der Waals surface area contributed by atoms with Crippen LogP contribution in [0.25, 0.3) is 11.0 Å². The molecule has 3 rings (SSSR count). The first-order valence-corrected chi connectivity index (χ1v) is 6.74. The van der Waals surface area contributed by atoms with E-state index in [9.17, 15) is 8.78 Å². The number of rotatable bonds is 2. The molecule has 1 unspecified atom stereocenters. The Morgan fingerprint density at radius 3 is 2.62 bits per heavy atom. The number of aryl methyl sites for hydroxylation is 1. The van der Waals surface area contributed by atoms with Crippen molar-refractivity contribution < 1.29 is 13.2 Å². The lowest BCUT2D eigenvalue weighted by Gasteiger charge is -2.11. The molecule has 108 valence electrons. The van der Waals surface area contributed by atoms with E-state index in [1.54, 1.807) is 18.2 Å². The summed E-state index contributed by atoms with van der Waals surface area (Å²) in [6.07, 6.45) is 0. The quantitative estimate of drug-likeness (QED) is 0.744. The molecule has 0 bridgehead atoms. The van der Waals surface area contributed by atoms with Gasteiger partial charge in [-0.3, -0.25) is 0 Å². The maximum absolute atomic E-state index is 14.0. The molecule has 0 radical (unpaired) electrons. The molecule has 0 saturated carbocycles. The van der Waals surface area contributed by atoms with Gasteiger partial charge in [0, 0.05) is 10.9 Å². The van der Waals surface area contributed by atoms with E-state index in [2.05, 4.69) is 0 Å². The van der Waals surface area contributed by atoms with Crippen molar-refractivity contribution in [2.45, 2.75) is 13.0 Å². The van der Waals surface area contributed by atoms with Gasteiger partial charge in [-0.1, -0.05) is 23.7 Å². The van der Waals surface area contributed by atoms with Crippen LogP contribution in [0.4, 0.5) is 8.78 Å². The third-order valence-corrected chi connectivity index (χ3v) is 3.73. The average molecular weight is 308 g/mol. The van der Waals surface area contributed by atoms with Crippen molar-refractivity contribution in [3.05, 3.63) is 69.9 Å². The van der Waals surface area contributed by atoms with Gasteiger partial charge in [-0.2, -0.15) is 0 Å². The van der Waals surface area contributed by atoms with Gasteiger partial charge in [-0.25, -0.2) is 8.78 Å². The third-order valence-electron chi connectivity index (χ3n) is 3.43. The molecule has 3 aromatic rings. The van der Waals surface area contributed by atoms with E-state index in [1.807, 2.05) is 6.07 Å². The predicted octanol–water partition coefficient (Wildman–Crippen LogP) is 4.72. The van der Waals surface area contributed by atoms with E-state index >= 15 is 0 Å². The largest absolute Gasteiger partial charge is 0.457 e. The Labute approximate surface area is 125 Å². The summed E-state index contributed by atoms with van der Waals surface area (Å²) < 4.78 is 33.2. The second kappa shape index (κ2) is 5.13. The molecule has 2 N–H and O–H groups in total. The van der Waals surface area contributed by atoms with Gasteiger partial charge in [-0.15, -0.1) is 0 Å². The van der Waals surface area contributed by atoms with Crippen LogP contribution in [0.2, 0.25) is 5.02 Å². The molecular weight excluding hydrogens is 296 g/mol. The number of para-hydroxylation sites is 1. The molecule has 1 heterocycles. The smallest absolute Gasteiger partial charge is 0.152 e. The molecule has 0 spiro atoms. The number of fused-ring (bicyclic) bond motifs is 1. The fourth-order valence-corrected chi connectivity index (χ4v) is 2.47. The Morgan fingerprint density at radius 1 is 1.14 bits per heavy atom. The molecule has 1 aromatic heterocycles. The summed E-state index contributed by atoms with van der Waals surface area (Å²) in [5.74, 6) is -0.732. The zero-order chi connectivity index (χ0) is 15.1. The molecule has 2 nitrogen and oxygen atoms in total. The lowest BCUT2D eigenvalue weighted by Crippen LogP contribution is -2.13. The average Bonchev–Trinajstić information content (AvgIpc) is 2.87. The summed E-state index contributed by atoms with van der Waals surface area (Å²) >= 11 is 6.03. The maximum atomic E-state index is 14.0. The summed E-state index contributed by atoms with van der Waals surface area (Å²) in [4.78, 5) is 0. The van der Waals surface area contributed by atoms with Crippen molar-refractivity contribution in [1.29, 1.82) is 0 Å². The topological polar surface area (TPSA) is 39.2 Å². The van der Waals surface area contributed by atoms with Crippen molar-refractivity contribution >= 4 is 22.6 Å². The molecule has 5 heteroatoms. The first kappa shape index (κ1) is 14.0. The van der Waals surface area contributed by atoms with E-state index in [-0.39, 0.29) is 11.1 Å². The van der Waals surface area contributed by atoms with Crippen molar-refractivity contribution in [3.8, 4) is 0 Å². The Hall–Kier alpha value is -1.91. The maximum Gasteiger partial charge on any atom is 0.152 e. The second-order valence-corrected chi connectivity index (χ2v) is 5.31. The number of furan rings is 1. The highest BCUT2D eigenvalue weighted by atomic mass is 35.5. The molecule has 0 aliphatic carbocycles. The highest BCUT2D eigenvalue weighted by Crippen LogP contribution is 2.32. The van der Waals surface area contributed by atoms with Crippen molar-refractivity contribution in [1.82, 2.24) is 0 Å². The molecule has 0 amide bonds. The van der Waals surface area contributed by atoms with E-state index < -0.39 is 17.7 Å². The van der Waals surface area contributed by atoms with Gasteiger partial charge >= 0.3 is 0 Å². The Kier molecular flexibility index (Phi) is 3.43. The van der Waals surface area contributed by atoms with Crippen molar-refractivity contribution in [2.75, 3.05) is 0 Å². The van der Waals surface area contributed by atoms with Gasteiger partial charge in [0.2, 0.25) is 0 Å². The summed E-state index contributed by atoms with van der Waals surface area (Å²) in [5.41, 5.74) is 6.77. The fraction of sp³-hybridized carbons (Fsp3) is 0.125.